The standard InChI is InChI=1S/C48H54N6O5S3/c1-47(2,3)28-31-18-23-39(33(26-31)29-48(4,5)6)59-25-13-12-24-49-44(58)38-27-40(36-16-10-11-17-37(36)42(38)56)61-46-54-53-45(62-46)60-30-41(55)50-34-19-21-35(22-20-34)51-52-43(57)32-14-8-7-9-15-32/h7-11,14-23,26-27,51,56H,12-13,24-25,28-30H2,1-6H3,(H,49,58)(H,50,55)(H,52,57). The summed E-state index contributed by atoms with van der Waals surface area (Å²) in [4.78, 5) is 39.3. The molecule has 6 rings (SSSR count). The van der Waals surface area contributed by atoms with Crippen LogP contribution in [0.4, 0.5) is 11.4 Å². The maximum atomic E-state index is 13.5. The van der Waals surface area contributed by atoms with E-state index in [1.54, 1.807) is 60.7 Å². The van der Waals surface area contributed by atoms with Crippen LogP contribution in [0.1, 0.15) is 86.2 Å². The lowest BCUT2D eigenvalue weighted by Gasteiger charge is -2.23. The zero-order valence-corrected chi connectivity index (χ0v) is 38.4. The largest absolute Gasteiger partial charge is 0.506 e. The van der Waals surface area contributed by atoms with Crippen molar-refractivity contribution < 1.29 is 24.2 Å². The van der Waals surface area contributed by atoms with Crippen LogP contribution in [-0.2, 0) is 17.6 Å². The number of hydrogen-bond donors (Lipinski definition) is 5. The molecule has 0 aliphatic carbocycles. The molecule has 5 aromatic carbocycles. The van der Waals surface area contributed by atoms with E-state index in [2.05, 4.69) is 91.4 Å². The van der Waals surface area contributed by atoms with Crippen molar-refractivity contribution in [2.24, 2.45) is 10.8 Å². The summed E-state index contributed by atoms with van der Waals surface area (Å²) in [6.07, 6.45) is 3.38. The van der Waals surface area contributed by atoms with Gasteiger partial charge in [-0.25, -0.2) is 0 Å². The number of nitrogens with zero attached hydrogens (tertiary/aromatic N) is 2. The van der Waals surface area contributed by atoms with Gasteiger partial charge >= 0.3 is 0 Å². The monoisotopic (exact) mass is 890 g/mol. The van der Waals surface area contributed by atoms with Crippen LogP contribution in [-0.4, -0.2) is 51.9 Å². The summed E-state index contributed by atoms with van der Waals surface area (Å²) < 4.78 is 7.53. The first-order valence-corrected chi connectivity index (χ1v) is 23.1. The van der Waals surface area contributed by atoms with Gasteiger partial charge in [0.15, 0.2) is 8.68 Å². The highest BCUT2D eigenvalue weighted by Gasteiger charge is 2.21. The van der Waals surface area contributed by atoms with E-state index in [9.17, 15) is 19.5 Å². The van der Waals surface area contributed by atoms with Crippen LogP contribution in [0.15, 0.2) is 117 Å². The Bertz CT molecular complexity index is 2480. The Labute approximate surface area is 376 Å². The number of amides is 3. The first kappa shape index (κ1) is 45.9. The molecule has 324 valence electrons. The molecule has 5 N–H and O–H groups in total. The van der Waals surface area contributed by atoms with Crippen LogP contribution in [0.2, 0.25) is 0 Å². The molecule has 11 nitrogen and oxygen atoms in total. The number of benzene rings is 5. The summed E-state index contributed by atoms with van der Waals surface area (Å²) in [5.74, 6) is 0.126. The maximum Gasteiger partial charge on any atom is 0.269 e. The van der Waals surface area contributed by atoms with Crippen LogP contribution in [0, 0.1) is 10.8 Å². The Morgan fingerprint density at radius 3 is 2.15 bits per heavy atom. The van der Waals surface area contributed by atoms with Crippen LogP contribution in [0.3, 0.4) is 0 Å². The van der Waals surface area contributed by atoms with E-state index in [0.717, 1.165) is 35.3 Å². The first-order valence-electron chi connectivity index (χ1n) is 20.5. The van der Waals surface area contributed by atoms with Crippen LogP contribution >= 0.6 is 34.9 Å². The SMILES string of the molecule is CC(C)(C)Cc1ccc(OCCCCNC(=O)c2cc(Sc3nnc(SCC(=O)Nc4ccc(NNC(=O)c5ccccc5)cc4)s3)c3ccccc3c2O)c(CC(C)(C)C)c1. The highest BCUT2D eigenvalue weighted by molar-refractivity contribution is 8.03. The molecule has 0 radical (unpaired) electrons. The predicted octanol–water partition coefficient (Wildman–Crippen LogP) is 10.8. The topological polar surface area (TPSA) is 155 Å². The molecule has 0 saturated heterocycles. The van der Waals surface area contributed by atoms with Gasteiger partial charge in [0.2, 0.25) is 5.91 Å². The third-order valence-corrected chi connectivity index (χ3v) is 12.5. The van der Waals surface area contributed by atoms with Gasteiger partial charge in [0, 0.05) is 28.1 Å². The smallest absolute Gasteiger partial charge is 0.269 e. The zero-order chi connectivity index (χ0) is 44.3. The number of ether oxygens (including phenoxy) is 1. The number of rotatable bonds is 18. The summed E-state index contributed by atoms with van der Waals surface area (Å²) in [6, 6.07) is 31.5. The molecule has 0 aliphatic heterocycles. The fourth-order valence-electron chi connectivity index (χ4n) is 6.64. The number of aromatic hydroxyl groups is 1. The summed E-state index contributed by atoms with van der Waals surface area (Å²) in [6.45, 7) is 14.4. The number of nitrogens with one attached hydrogen (secondary N) is 4. The molecule has 0 unspecified atom stereocenters. The van der Waals surface area contributed by atoms with Crippen molar-refractivity contribution in [1.82, 2.24) is 20.9 Å². The number of phenolic OH excluding ortho intramolecular Hbond substituents is 1. The number of unbranched alkanes of at least 4 members (excludes halogenated alkanes) is 1. The Hall–Kier alpha value is -5.57. The lowest BCUT2D eigenvalue weighted by atomic mass is 9.84. The van der Waals surface area contributed by atoms with Crippen molar-refractivity contribution in [2.45, 2.75) is 80.8 Å². The molecule has 14 heteroatoms. The van der Waals surface area contributed by atoms with Crippen LogP contribution in [0.25, 0.3) is 10.8 Å². The van der Waals surface area contributed by atoms with Gasteiger partial charge < -0.3 is 20.5 Å². The molecule has 0 fully saturated rings. The first-order chi connectivity index (χ1) is 29.6. The van der Waals surface area contributed by atoms with Gasteiger partial charge in [-0.05, 0) is 102 Å². The lowest BCUT2D eigenvalue weighted by Crippen LogP contribution is -2.29. The summed E-state index contributed by atoms with van der Waals surface area (Å²) >= 11 is 3.97. The number of hydrazine groups is 1. The third kappa shape index (κ3) is 13.7. The molecule has 0 aliphatic rings. The molecule has 0 spiro atoms. The Morgan fingerprint density at radius 1 is 0.742 bits per heavy atom. The predicted molar refractivity (Wildman–Crippen MR) is 253 cm³/mol. The van der Waals surface area contributed by atoms with Crippen LogP contribution in [0.5, 0.6) is 11.5 Å². The van der Waals surface area contributed by atoms with Crippen molar-refractivity contribution in [3.63, 3.8) is 0 Å². The lowest BCUT2D eigenvalue weighted by molar-refractivity contribution is -0.113. The summed E-state index contributed by atoms with van der Waals surface area (Å²) in [7, 11) is 0. The Kier molecular flexibility index (Phi) is 15.6. The van der Waals surface area contributed by atoms with Crippen molar-refractivity contribution in [2.75, 3.05) is 29.6 Å². The van der Waals surface area contributed by atoms with E-state index in [0.29, 0.717) is 50.6 Å². The van der Waals surface area contributed by atoms with Gasteiger partial charge in [-0.1, -0.05) is 131 Å². The molecule has 1 aromatic heterocycles. The molecule has 6 aromatic rings. The number of carbonyl (C=O) groups excluding carboxylic acids is 3. The van der Waals surface area contributed by atoms with Gasteiger partial charge in [0.05, 0.1) is 23.6 Å². The molecule has 1 heterocycles. The van der Waals surface area contributed by atoms with E-state index in [1.165, 1.54) is 46.0 Å². The second-order valence-electron chi connectivity index (χ2n) is 17.3. The highest BCUT2D eigenvalue weighted by atomic mass is 32.2. The Balaban J connectivity index is 0.986. The normalized spacial score (nSPS) is 11.6. The average molecular weight is 891 g/mol. The fourth-order valence-corrected chi connectivity index (χ4v) is 9.59. The van der Waals surface area contributed by atoms with Gasteiger partial charge in [0.25, 0.3) is 11.8 Å². The molecular weight excluding hydrogens is 837 g/mol. The second-order valence-corrected chi connectivity index (χ2v) is 20.8. The summed E-state index contributed by atoms with van der Waals surface area (Å²) in [5.41, 5.74) is 10.4. The highest BCUT2D eigenvalue weighted by Crippen LogP contribution is 2.41. The van der Waals surface area contributed by atoms with E-state index >= 15 is 0 Å². The summed E-state index contributed by atoms with van der Waals surface area (Å²) in [5, 5.41) is 27.1. The van der Waals surface area contributed by atoms with Crippen molar-refractivity contribution in [1.29, 1.82) is 0 Å². The minimum atomic E-state index is -0.363. The minimum absolute atomic E-state index is 0.0766. The molecule has 62 heavy (non-hydrogen) atoms. The molecule has 3 amide bonds. The van der Waals surface area contributed by atoms with E-state index in [4.69, 9.17) is 4.74 Å². The third-order valence-electron chi connectivity index (χ3n) is 9.35. The van der Waals surface area contributed by atoms with Crippen LogP contribution < -0.4 is 26.2 Å². The number of fused-ring (bicyclic) bond motifs is 1. The Morgan fingerprint density at radius 2 is 1.42 bits per heavy atom. The second kappa shape index (κ2) is 21.0. The van der Waals surface area contributed by atoms with E-state index < -0.39 is 0 Å². The van der Waals surface area contributed by atoms with E-state index in [1.807, 2.05) is 24.3 Å². The van der Waals surface area contributed by atoms with Gasteiger partial charge in [-0.2, -0.15) is 0 Å². The van der Waals surface area contributed by atoms with Crippen molar-refractivity contribution in [3.8, 4) is 11.5 Å². The van der Waals surface area contributed by atoms with Crippen molar-refractivity contribution >= 4 is 74.7 Å². The number of hydrogen-bond acceptors (Lipinski definition) is 11. The fraction of sp³-hybridized carbons (Fsp3) is 0.312. The molecular formula is C48H54N6O5S3. The molecule has 0 saturated carbocycles. The number of carbonyl (C=O) groups is 3. The molecule has 0 bridgehead atoms. The minimum Gasteiger partial charge on any atom is -0.506 e. The average Bonchev–Trinajstić information content (AvgIpc) is 3.69. The van der Waals surface area contributed by atoms with E-state index in [-0.39, 0.29) is 45.6 Å². The number of thioether (sulfide) groups is 1. The maximum absolute atomic E-state index is 13.5. The van der Waals surface area contributed by atoms with Crippen molar-refractivity contribution in [3.05, 3.63) is 125 Å². The quantitative estimate of drug-likeness (QED) is 0.0320. The van der Waals surface area contributed by atoms with Gasteiger partial charge in [-0.3, -0.25) is 25.2 Å². The van der Waals surface area contributed by atoms with Gasteiger partial charge in [0.1, 0.15) is 11.5 Å². The number of aromatic nitrogens is 2. The number of anilines is 2. The molecule has 0 atom stereocenters. The van der Waals surface area contributed by atoms with Gasteiger partial charge in [-0.15, -0.1) is 10.2 Å². The number of phenols is 1. The zero-order valence-electron chi connectivity index (χ0n) is 36.0.